The maximum absolute atomic E-state index is 13.8. The topological polar surface area (TPSA) is 114 Å². The molecule has 0 aromatic heterocycles. The van der Waals surface area contributed by atoms with E-state index in [-0.39, 0.29) is 28.4 Å². The number of Topliss-reactive ketones (excluding diaryl/α,β-unsaturated/α-hetero) is 1. The van der Waals surface area contributed by atoms with Gasteiger partial charge in [-0.3, -0.25) is 14.6 Å². The molecule has 7 nitrogen and oxygen atoms in total. The van der Waals surface area contributed by atoms with E-state index in [1.54, 1.807) is 43.3 Å². The van der Waals surface area contributed by atoms with Gasteiger partial charge in [0.15, 0.2) is 0 Å². The summed E-state index contributed by atoms with van der Waals surface area (Å²) in [6.07, 6.45) is 3.81. The average Bonchev–Trinajstić information content (AvgIpc) is 3.11. The third kappa shape index (κ3) is 2.80. The van der Waals surface area contributed by atoms with Crippen LogP contribution in [0.2, 0.25) is 0 Å². The molecule has 1 heterocycles. The highest BCUT2D eigenvalue weighted by Crippen LogP contribution is 2.59. The molecule has 31 heavy (non-hydrogen) atoms. The van der Waals surface area contributed by atoms with Crippen LogP contribution in [0.5, 0.6) is 5.75 Å². The second kappa shape index (κ2) is 7.51. The van der Waals surface area contributed by atoms with Crippen LogP contribution in [0.3, 0.4) is 0 Å². The van der Waals surface area contributed by atoms with Crippen LogP contribution in [0.15, 0.2) is 53.7 Å². The minimum absolute atomic E-state index is 0.00755. The van der Waals surface area contributed by atoms with Gasteiger partial charge in [-0.1, -0.05) is 37.3 Å². The quantitative estimate of drug-likeness (QED) is 0.376. The summed E-state index contributed by atoms with van der Waals surface area (Å²) < 4.78 is 5.99. The van der Waals surface area contributed by atoms with Gasteiger partial charge in [0, 0.05) is 23.0 Å². The molecule has 2 unspecified atom stereocenters. The smallest absolute Gasteiger partial charge is 0.271 e. The summed E-state index contributed by atoms with van der Waals surface area (Å²) in [6, 6.07) is 10.0. The molecular weight excluding hydrogens is 418 g/mol. The molecule has 0 bridgehead atoms. The van der Waals surface area contributed by atoms with E-state index in [0.29, 0.717) is 11.3 Å². The lowest BCUT2D eigenvalue weighted by atomic mass is 9.82. The summed E-state index contributed by atoms with van der Waals surface area (Å²) in [5.74, 6) is -3.28. The SMILES string of the molecule is C/C=C\N=C(CCl)C(=O)NC12C(=O)c3c(N)cccc3C1(O)Oc1cc(CC)ccc12. The van der Waals surface area contributed by atoms with Crippen LogP contribution in [-0.4, -0.2) is 28.4 Å². The first kappa shape index (κ1) is 21.1. The number of benzene rings is 2. The number of aliphatic imine (C=N–C) groups is 1. The van der Waals surface area contributed by atoms with Crippen molar-refractivity contribution in [3.63, 3.8) is 0 Å². The van der Waals surface area contributed by atoms with E-state index in [0.717, 1.165) is 12.0 Å². The largest absolute Gasteiger partial charge is 0.454 e. The zero-order valence-corrected chi connectivity index (χ0v) is 17.9. The number of alkyl halides is 1. The number of aliphatic hydroxyl groups is 1. The van der Waals surface area contributed by atoms with Crippen molar-refractivity contribution < 1.29 is 19.4 Å². The number of rotatable bonds is 5. The maximum Gasteiger partial charge on any atom is 0.271 e. The number of aryl methyl sites for hydroxylation is 1. The number of hydrogen-bond donors (Lipinski definition) is 3. The number of carbonyl (C=O) groups is 2. The molecule has 0 fully saturated rings. The van der Waals surface area contributed by atoms with E-state index in [1.807, 2.05) is 13.0 Å². The molecule has 0 spiro atoms. The van der Waals surface area contributed by atoms with Gasteiger partial charge in [0.25, 0.3) is 11.7 Å². The monoisotopic (exact) mass is 439 g/mol. The number of nitrogens with one attached hydrogen (secondary N) is 1. The van der Waals surface area contributed by atoms with Gasteiger partial charge in [0.05, 0.1) is 11.4 Å². The minimum Gasteiger partial charge on any atom is -0.454 e. The normalized spacial score (nSPS) is 24.0. The summed E-state index contributed by atoms with van der Waals surface area (Å²) in [4.78, 5) is 30.9. The lowest BCUT2D eigenvalue weighted by molar-refractivity contribution is -0.174. The fourth-order valence-electron chi connectivity index (χ4n) is 4.20. The number of nitrogens with zero attached hydrogens (tertiary/aromatic N) is 1. The molecule has 4 N–H and O–H groups in total. The van der Waals surface area contributed by atoms with Crippen LogP contribution in [0.1, 0.15) is 40.9 Å². The van der Waals surface area contributed by atoms with Crippen molar-refractivity contribution in [2.24, 2.45) is 4.99 Å². The molecule has 2 aromatic rings. The number of ketones is 1. The first-order valence-electron chi connectivity index (χ1n) is 9.88. The van der Waals surface area contributed by atoms with Crippen LogP contribution in [0.4, 0.5) is 5.69 Å². The lowest BCUT2D eigenvalue weighted by Gasteiger charge is -2.34. The summed E-state index contributed by atoms with van der Waals surface area (Å²) in [5.41, 5.74) is 5.96. The van der Waals surface area contributed by atoms with E-state index in [1.165, 1.54) is 6.20 Å². The predicted molar refractivity (Wildman–Crippen MR) is 118 cm³/mol. The molecule has 8 heteroatoms. The van der Waals surface area contributed by atoms with E-state index in [2.05, 4.69) is 10.3 Å². The van der Waals surface area contributed by atoms with Gasteiger partial charge in [-0.15, -0.1) is 11.6 Å². The molecule has 2 aromatic carbocycles. The molecule has 4 rings (SSSR count). The lowest BCUT2D eigenvalue weighted by Crippen LogP contribution is -2.61. The van der Waals surface area contributed by atoms with E-state index < -0.39 is 23.0 Å². The van der Waals surface area contributed by atoms with Crippen LogP contribution in [0.25, 0.3) is 0 Å². The number of allylic oxidation sites excluding steroid dienone is 1. The zero-order valence-electron chi connectivity index (χ0n) is 17.1. The molecule has 1 amide bonds. The van der Waals surface area contributed by atoms with E-state index in [9.17, 15) is 14.7 Å². The van der Waals surface area contributed by atoms with Crippen molar-refractivity contribution in [2.45, 2.75) is 31.6 Å². The van der Waals surface area contributed by atoms with Crippen molar-refractivity contribution in [1.29, 1.82) is 0 Å². The molecule has 2 atom stereocenters. The second-order valence-corrected chi connectivity index (χ2v) is 7.69. The number of carbonyl (C=O) groups excluding carboxylic acids is 2. The van der Waals surface area contributed by atoms with Crippen LogP contribution in [0, 0.1) is 0 Å². The molecule has 160 valence electrons. The Morgan fingerprint density at radius 1 is 1.32 bits per heavy atom. The minimum atomic E-state index is -2.17. The highest BCUT2D eigenvalue weighted by atomic mass is 35.5. The fourth-order valence-corrected chi connectivity index (χ4v) is 4.39. The van der Waals surface area contributed by atoms with Crippen LogP contribution < -0.4 is 15.8 Å². The van der Waals surface area contributed by atoms with Crippen molar-refractivity contribution in [3.8, 4) is 5.75 Å². The Bertz CT molecular complexity index is 1160. The Balaban J connectivity index is 1.94. The van der Waals surface area contributed by atoms with Gasteiger partial charge in [0.2, 0.25) is 11.3 Å². The first-order valence-corrected chi connectivity index (χ1v) is 10.4. The first-order chi connectivity index (χ1) is 14.8. The summed E-state index contributed by atoms with van der Waals surface area (Å²) >= 11 is 5.93. The number of hydrogen-bond acceptors (Lipinski definition) is 6. The Labute approximate surface area is 184 Å². The third-order valence-corrected chi connectivity index (χ3v) is 5.98. The van der Waals surface area contributed by atoms with Crippen LogP contribution in [-0.2, 0) is 22.5 Å². The number of amides is 1. The number of fused-ring (bicyclic) bond motifs is 5. The number of nitrogen functional groups attached to an aromatic ring is 1. The van der Waals surface area contributed by atoms with E-state index >= 15 is 0 Å². The summed E-state index contributed by atoms with van der Waals surface area (Å²) in [5, 5.41) is 14.5. The standard InChI is InChI=1S/C23H22ClN3O4/c1-3-10-26-17(12-24)21(29)27-22-14-9-8-13(4-2)11-18(14)31-23(22,30)15-6-5-7-16(25)19(15)20(22)28/h3,5-11,30H,4,12,25H2,1-2H3,(H,27,29)/b10-3-,26-17?. The third-order valence-electron chi connectivity index (χ3n) is 5.72. The van der Waals surface area contributed by atoms with Gasteiger partial charge in [-0.2, -0.15) is 0 Å². The highest BCUT2D eigenvalue weighted by Gasteiger charge is 2.72. The van der Waals surface area contributed by atoms with Gasteiger partial charge < -0.3 is 20.9 Å². The van der Waals surface area contributed by atoms with E-state index in [4.69, 9.17) is 22.1 Å². The van der Waals surface area contributed by atoms with Gasteiger partial charge >= 0.3 is 0 Å². The average molecular weight is 440 g/mol. The fraction of sp³-hybridized carbons (Fsp3) is 0.261. The summed E-state index contributed by atoms with van der Waals surface area (Å²) in [6.45, 7) is 3.73. The molecule has 1 aliphatic carbocycles. The van der Waals surface area contributed by atoms with Crippen molar-refractivity contribution in [2.75, 3.05) is 11.6 Å². The second-order valence-electron chi connectivity index (χ2n) is 7.43. The Hall–Kier alpha value is -3.16. The predicted octanol–water partition coefficient (Wildman–Crippen LogP) is 2.79. The molecule has 0 saturated heterocycles. The molecule has 2 aliphatic rings. The Morgan fingerprint density at radius 2 is 2.10 bits per heavy atom. The molecule has 1 aliphatic heterocycles. The van der Waals surface area contributed by atoms with Gasteiger partial charge in [-0.25, -0.2) is 0 Å². The van der Waals surface area contributed by atoms with Crippen molar-refractivity contribution >= 4 is 34.7 Å². The molecule has 0 radical (unpaired) electrons. The number of ether oxygens (including phenoxy) is 1. The van der Waals surface area contributed by atoms with Gasteiger partial charge in [0.1, 0.15) is 11.5 Å². The zero-order chi connectivity index (χ0) is 22.4. The highest BCUT2D eigenvalue weighted by molar-refractivity contribution is 6.49. The van der Waals surface area contributed by atoms with Gasteiger partial charge in [-0.05, 0) is 31.0 Å². The number of halogens is 1. The molecule has 0 saturated carbocycles. The Morgan fingerprint density at radius 3 is 2.77 bits per heavy atom. The Kier molecular flexibility index (Phi) is 5.11. The van der Waals surface area contributed by atoms with Crippen molar-refractivity contribution in [1.82, 2.24) is 5.32 Å². The maximum atomic E-state index is 13.8. The number of nitrogens with two attached hydrogens (primary N) is 1. The number of anilines is 1. The van der Waals surface area contributed by atoms with Crippen molar-refractivity contribution in [3.05, 3.63) is 70.9 Å². The summed E-state index contributed by atoms with van der Waals surface area (Å²) in [7, 11) is 0. The van der Waals surface area contributed by atoms with Crippen LogP contribution >= 0.6 is 11.6 Å². The molecular formula is C23H22ClN3O4.